The molecule has 2 aromatic carbocycles. The fourth-order valence-corrected chi connectivity index (χ4v) is 3.33. The highest BCUT2D eigenvalue weighted by atomic mass is 32.2. The SMILES string of the molecule is CCCCc1ccc(S(=O)(=O)NC(=O)NCCc2ccccc2)cc1. The maximum atomic E-state index is 12.2. The number of aryl methyl sites for hydroxylation is 1. The van der Waals surface area contributed by atoms with Gasteiger partial charge >= 0.3 is 6.03 Å². The zero-order valence-electron chi connectivity index (χ0n) is 14.4. The van der Waals surface area contributed by atoms with Gasteiger partial charge in [-0.15, -0.1) is 0 Å². The first kappa shape index (κ1) is 19.0. The quantitative estimate of drug-likeness (QED) is 0.759. The molecule has 6 heteroatoms. The molecule has 2 amide bonds. The van der Waals surface area contributed by atoms with Crippen molar-refractivity contribution in [3.63, 3.8) is 0 Å². The second-order valence-electron chi connectivity index (χ2n) is 5.84. The van der Waals surface area contributed by atoms with Gasteiger partial charge in [0.25, 0.3) is 10.0 Å². The second-order valence-corrected chi connectivity index (χ2v) is 7.53. The average molecular weight is 360 g/mol. The highest BCUT2D eigenvalue weighted by Crippen LogP contribution is 2.12. The molecule has 0 aromatic heterocycles. The number of sulfonamides is 1. The van der Waals surface area contributed by atoms with Crippen LogP contribution in [0.2, 0.25) is 0 Å². The third kappa shape index (κ3) is 6.23. The molecule has 0 aliphatic heterocycles. The lowest BCUT2D eigenvalue weighted by Crippen LogP contribution is -2.40. The van der Waals surface area contributed by atoms with E-state index in [-0.39, 0.29) is 4.90 Å². The van der Waals surface area contributed by atoms with E-state index in [1.165, 1.54) is 12.1 Å². The zero-order chi connectivity index (χ0) is 18.1. The van der Waals surface area contributed by atoms with Crippen molar-refractivity contribution in [1.29, 1.82) is 0 Å². The maximum absolute atomic E-state index is 12.2. The Morgan fingerprint density at radius 3 is 2.20 bits per heavy atom. The van der Waals surface area contributed by atoms with E-state index in [1.54, 1.807) is 12.1 Å². The van der Waals surface area contributed by atoms with Crippen molar-refractivity contribution in [2.24, 2.45) is 0 Å². The van der Waals surface area contributed by atoms with E-state index in [1.807, 2.05) is 35.1 Å². The summed E-state index contributed by atoms with van der Waals surface area (Å²) in [7, 11) is -3.85. The van der Waals surface area contributed by atoms with E-state index in [0.717, 1.165) is 30.4 Å². The Morgan fingerprint density at radius 1 is 0.920 bits per heavy atom. The summed E-state index contributed by atoms with van der Waals surface area (Å²) in [6, 6.07) is 15.6. The van der Waals surface area contributed by atoms with Crippen LogP contribution in [0.3, 0.4) is 0 Å². The first-order chi connectivity index (χ1) is 12.0. The van der Waals surface area contributed by atoms with Crippen molar-refractivity contribution in [2.75, 3.05) is 6.54 Å². The Bertz CT molecular complexity index is 772. The molecular weight excluding hydrogens is 336 g/mol. The van der Waals surface area contributed by atoms with Gasteiger partial charge in [0.05, 0.1) is 4.90 Å². The van der Waals surface area contributed by atoms with E-state index < -0.39 is 16.1 Å². The average Bonchev–Trinajstić information content (AvgIpc) is 2.61. The summed E-state index contributed by atoms with van der Waals surface area (Å²) in [4.78, 5) is 11.9. The van der Waals surface area contributed by atoms with Gasteiger partial charge in [-0.3, -0.25) is 0 Å². The lowest BCUT2D eigenvalue weighted by Gasteiger charge is -2.09. The van der Waals surface area contributed by atoms with Crippen LogP contribution < -0.4 is 10.0 Å². The predicted molar refractivity (Wildman–Crippen MR) is 98.9 cm³/mol. The lowest BCUT2D eigenvalue weighted by molar-refractivity contribution is 0.246. The van der Waals surface area contributed by atoms with Crippen molar-refractivity contribution in [2.45, 2.75) is 37.5 Å². The van der Waals surface area contributed by atoms with Crippen molar-refractivity contribution >= 4 is 16.1 Å². The Balaban J connectivity index is 1.86. The molecule has 0 spiro atoms. The molecular formula is C19H24N2O3S. The van der Waals surface area contributed by atoms with Crippen LogP contribution in [0.5, 0.6) is 0 Å². The molecule has 0 bridgehead atoms. The number of hydrogen-bond donors (Lipinski definition) is 2. The Morgan fingerprint density at radius 2 is 1.56 bits per heavy atom. The minimum atomic E-state index is -3.85. The highest BCUT2D eigenvalue weighted by Gasteiger charge is 2.17. The number of hydrogen-bond acceptors (Lipinski definition) is 3. The molecule has 0 atom stereocenters. The van der Waals surface area contributed by atoms with E-state index in [0.29, 0.717) is 13.0 Å². The smallest absolute Gasteiger partial charge is 0.328 e. The molecule has 2 rings (SSSR count). The Labute approximate surface area is 149 Å². The number of carbonyl (C=O) groups excluding carboxylic acids is 1. The molecule has 0 aliphatic rings. The zero-order valence-corrected chi connectivity index (χ0v) is 15.2. The van der Waals surface area contributed by atoms with Gasteiger partial charge in [-0.25, -0.2) is 17.9 Å². The summed E-state index contributed by atoms with van der Waals surface area (Å²) in [6.45, 7) is 2.47. The summed E-state index contributed by atoms with van der Waals surface area (Å²) in [6.07, 6.45) is 3.71. The number of amides is 2. The first-order valence-corrected chi connectivity index (χ1v) is 9.93. The summed E-state index contributed by atoms with van der Waals surface area (Å²) in [5.74, 6) is 0. The summed E-state index contributed by atoms with van der Waals surface area (Å²) >= 11 is 0. The van der Waals surface area contributed by atoms with Gasteiger partial charge in [-0.2, -0.15) is 0 Å². The Kier molecular flexibility index (Phi) is 7.01. The molecule has 5 nitrogen and oxygen atoms in total. The minimum Gasteiger partial charge on any atom is -0.337 e. The second kappa shape index (κ2) is 9.22. The number of carbonyl (C=O) groups is 1. The topological polar surface area (TPSA) is 75.3 Å². The number of urea groups is 1. The normalized spacial score (nSPS) is 11.1. The van der Waals surface area contributed by atoms with E-state index >= 15 is 0 Å². The highest BCUT2D eigenvalue weighted by molar-refractivity contribution is 7.90. The van der Waals surface area contributed by atoms with Crippen LogP contribution in [0, 0.1) is 0 Å². The molecule has 0 fully saturated rings. The summed E-state index contributed by atoms with van der Waals surface area (Å²) in [5.41, 5.74) is 2.17. The van der Waals surface area contributed by atoms with Gasteiger partial charge in [-0.1, -0.05) is 55.8 Å². The van der Waals surface area contributed by atoms with Crippen LogP contribution in [-0.2, 0) is 22.9 Å². The van der Waals surface area contributed by atoms with Crippen LogP contribution in [-0.4, -0.2) is 21.0 Å². The van der Waals surface area contributed by atoms with Crippen molar-refractivity contribution in [3.8, 4) is 0 Å². The number of nitrogens with one attached hydrogen (secondary N) is 2. The summed E-state index contributed by atoms with van der Waals surface area (Å²) in [5, 5.41) is 2.57. The Hall–Kier alpha value is -2.34. The van der Waals surface area contributed by atoms with Gasteiger partial charge in [0.1, 0.15) is 0 Å². The third-order valence-corrected chi connectivity index (χ3v) is 5.17. The summed E-state index contributed by atoms with van der Waals surface area (Å²) < 4.78 is 26.5. The number of unbranched alkanes of at least 4 members (excludes halogenated alkanes) is 1. The van der Waals surface area contributed by atoms with Gasteiger partial charge in [0, 0.05) is 6.54 Å². The van der Waals surface area contributed by atoms with Crippen LogP contribution in [0.15, 0.2) is 59.5 Å². The largest absolute Gasteiger partial charge is 0.337 e. The van der Waals surface area contributed by atoms with Gasteiger partial charge < -0.3 is 5.32 Å². The van der Waals surface area contributed by atoms with Gasteiger partial charge in [0.15, 0.2) is 0 Å². The monoisotopic (exact) mass is 360 g/mol. The molecule has 0 heterocycles. The lowest BCUT2D eigenvalue weighted by atomic mass is 10.1. The minimum absolute atomic E-state index is 0.0888. The predicted octanol–water partition coefficient (Wildman–Crippen LogP) is 3.26. The molecule has 0 saturated heterocycles. The van der Waals surface area contributed by atoms with Crippen LogP contribution in [0.4, 0.5) is 4.79 Å². The van der Waals surface area contributed by atoms with Crippen molar-refractivity contribution in [3.05, 3.63) is 65.7 Å². The molecule has 0 saturated carbocycles. The molecule has 0 radical (unpaired) electrons. The van der Waals surface area contributed by atoms with Crippen LogP contribution in [0.25, 0.3) is 0 Å². The molecule has 0 aliphatic carbocycles. The molecule has 134 valence electrons. The first-order valence-electron chi connectivity index (χ1n) is 8.45. The maximum Gasteiger partial charge on any atom is 0.328 e. The molecule has 2 aromatic rings. The fourth-order valence-electron chi connectivity index (χ4n) is 2.40. The van der Waals surface area contributed by atoms with Crippen LogP contribution >= 0.6 is 0 Å². The van der Waals surface area contributed by atoms with Gasteiger partial charge in [-0.05, 0) is 42.5 Å². The molecule has 25 heavy (non-hydrogen) atoms. The number of rotatable bonds is 8. The van der Waals surface area contributed by atoms with Crippen molar-refractivity contribution < 1.29 is 13.2 Å². The van der Waals surface area contributed by atoms with Gasteiger partial charge in [0.2, 0.25) is 0 Å². The van der Waals surface area contributed by atoms with Crippen molar-refractivity contribution in [1.82, 2.24) is 10.0 Å². The third-order valence-electron chi connectivity index (χ3n) is 3.82. The van der Waals surface area contributed by atoms with E-state index in [9.17, 15) is 13.2 Å². The van der Waals surface area contributed by atoms with E-state index in [2.05, 4.69) is 12.2 Å². The van der Waals surface area contributed by atoms with Crippen LogP contribution in [0.1, 0.15) is 30.9 Å². The number of benzene rings is 2. The fraction of sp³-hybridized carbons (Fsp3) is 0.316. The van der Waals surface area contributed by atoms with E-state index in [4.69, 9.17) is 0 Å². The molecule has 2 N–H and O–H groups in total. The standard InChI is InChI=1S/C19H24N2O3S/c1-2-3-7-17-10-12-18(13-11-17)25(23,24)21-19(22)20-15-14-16-8-5-4-6-9-16/h4-6,8-13H,2-3,7,14-15H2,1H3,(H2,20,21,22). The molecule has 0 unspecified atom stereocenters.